The van der Waals surface area contributed by atoms with E-state index >= 15 is 0 Å². The number of rotatable bonds is 4. The van der Waals surface area contributed by atoms with Gasteiger partial charge in [0.05, 0.1) is 30.4 Å². The fourth-order valence-corrected chi connectivity index (χ4v) is 3.56. The summed E-state index contributed by atoms with van der Waals surface area (Å²) in [4.78, 5) is 21.3. The summed E-state index contributed by atoms with van der Waals surface area (Å²) in [5.41, 5.74) is -0.0292. The SMILES string of the molecule is C[C@@H](NC(=O)C1CCN(c2[nH+]cc(C(F)(F)F)cc2Cl)CC1)c1ccccn1. The van der Waals surface area contributed by atoms with Gasteiger partial charge in [-0.2, -0.15) is 13.2 Å². The van der Waals surface area contributed by atoms with Crippen molar-refractivity contribution in [2.75, 3.05) is 18.0 Å². The lowest BCUT2D eigenvalue weighted by Gasteiger charge is -2.28. The third kappa shape index (κ3) is 4.73. The van der Waals surface area contributed by atoms with Crippen LogP contribution < -0.4 is 15.2 Å². The number of hydrogen-bond acceptors (Lipinski definition) is 3. The third-order valence-electron chi connectivity index (χ3n) is 4.87. The van der Waals surface area contributed by atoms with Crippen molar-refractivity contribution >= 4 is 23.3 Å². The Hall–Kier alpha value is -2.35. The molecule has 0 spiro atoms. The maximum absolute atomic E-state index is 12.8. The van der Waals surface area contributed by atoms with Crippen LogP contribution in [0.2, 0.25) is 5.02 Å². The number of halogens is 4. The van der Waals surface area contributed by atoms with Crippen molar-refractivity contribution in [1.29, 1.82) is 0 Å². The molecule has 2 aromatic rings. The van der Waals surface area contributed by atoms with E-state index in [4.69, 9.17) is 11.6 Å². The van der Waals surface area contributed by atoms with Gasteiger partial charge in [-0.3, -0.25) is 14.7 Å². The number of carbonyl (C=O) groups is 1. The molecule has 1 amide bonds. The fourth-order valence-electron chi connectivity index (χ4n) is 3.27. The number of nitrogens with zero attached hydrogens (tertiary/aromatic N) is 2. The van der Waals surface area contributed by atoms with E-state index in [9.17, 15) is 18.0 Å². The highest BCUT2D eigenvalue weighted by Crippen LogP contribution is 2.33. The summed E-state index contributed by atoms with van der Waals surface area (Å²) in [5, 5.41) is 2.99. The summed E-state index contributed by atoms with van der Waals surface area (Å²) >= 11 is 6.05. The Kier molecular flexibility index (Phi) is 6.07. The summed E-state index contributed by atoms with van der Waals surface area (Å²) in [6.07, 6.45) is -0.679. The van der Waals surface area contributed by atoms with E-state index in [1.54, 1.807) is 6.20 Å². The molecule has 28 heavy (non-hydrogen) atoms. The number of aromatic nitrogens is 2. The first kappa shape index (κ1) is 20.4. The molecule has 0 saturated carbocycles. The molecule has 1 saturated heterocycles. The van der Waals surface area contributed by atoms with Gasteiger partial charge in [-0.1, -0.05) is 17.7 Å². The van der Waals surface area contributed by atoms with E-state index in [2.05, 4.69) is 15.3 Å². The van der Waals surface area contributed by atoms with E-state index in [0.717, 1.165) is 18.0 Å². The van der Waals surface area contributed by atoms with E-state index in [1.165, 1.54) is 0 Å². The summed E-state index contributed by atoms with van der Waals surface area (Å²) < 4.78 is 38.3. The zero-order valence-corrected chi connectivity index (χ0v) is 16.0. The molecule has 150 valence electrons. The minimum absolute atomic E-state index is 0.0153. The van der Waals surface area contributed by atoms with Crippen LogP contribution in [0.4, 0.5) is 19.0 Å². The monoisotopic (exact) mass is 413 g/mol. The Morgan fingerprint density at radius 2 is 2.07 bits per heavy atom. The van der Waals surface area contributed by atoms with E-state index in [0.29, 0.717) is 31.7 Å². The van der Waals surface area contributed by atoms with Crippen molar-refractivity contribution in [3.63, 3.8) is 0 Å². The van der Waals surface area contributed by atoms with Crippen molar-refractivity contribution < 1.29 is 22.9 Å². The number of pyridine rings is 2. The van der Waals surface area contributed by atoms with Crippen LogP contribution >= 0.6 is 11.6 Å². The zero-order valence-electron chi connectivity index (χ0n) is 15.3. The Morgan fingerprint density at radius 3 is 2.64 bits per heavy atom. The molecule has 2 N–H and O–H groups in total. The van der Waals surface area contributed by atoms with Crippen molar-refractivity contribution in [2.24, 2.45) is 5.92 Å². The second-order valence-corrected chi connectivity index (χ2v) is 7.24. The van der Waals surface area contributed by atoms with Gasteiger partial charge in [0.15, 0.2) is 0 Å². The molecule has 0 radical (unpaired) electrons. The van der Waals surface area contributed by atoms with Crippen molar-refractivity contribution in [2.45, 2.75) is 32.0 Å². The van der Waals surface area contributed by atoms with Crippen LogP contribution in [0.5, 0.6) is 0 Å². The maximum Gasteiger partial charge on any atom is 0.419 e. The molecule has 5 nitrogen and oxygen atoms in total. The molecule has 3 heterocycles. The normalized spacial score (nSPS) is 16.7. The topological polar surface area (TPSA) is 59.4 Å². The minimum Gasteiger partial charge on any atom is -0.348 e. The Balaban J connectivity index is 1.58. The van der Waals surface area contributed by atoms with Crippen LogP contribution in [0, 0.1) is 5.92 Å². The fraction of sp³-hybridized carbons (Fsp3) is 0.421. The van der Waals surface area contributed by atoms with Crippen LogP contribution in [-0.2, 0) is 11.0 Å². The molecule has 1 fully saturated rings. The molecular weight excluding hydrogens is 393 g/mol. The molecule has 1 aliphatic heterocycles. The van der Waals surface area contributed by atoms with Crippen LogP contribution in [0.3, 0.4) is 0 Å². The molecule has 0 aliphatic carbocycles. The van der Waals surface area contributed by atoms with Gasteiger partial charge in [0, 0.05) is 12.1 Å². The molecule has 9 heteroatoms. The average molecular weight is 414 g/mol. The lowest BCUT2D eigenvalue weighted by Crippen LogP contribution is -2.43. The molecule has 0 unspecified atom stereocenters. The predicted molar refractivity (Wildman–Crippen MR) is 98.7 cm³/mol. The van der Waals surface area contributed by atoms with Gasteiger partial charge in [-0.15, -0.1) is 0 Å². The Bertz CT molecular complexity index is 824. The molecule has 1 aliphatic rings. The van der Waals surface area contributed by atoms with E-state index in [1.807, 2.05) is 30.0 Å². The van der Waals surface area contributed by atoms with Crippen molar-refractivity contribution in [3.05, 3.63) is 52.9 Å². The first-order valence-electron chi connectivity index (χ1n) is 9.00. The van der Waals surface area contributed by atoms with Crippen LogP contribution in [0.15, 0.2) is 36.7 Å². The second-order valence-electron chi connectivity index (χ2n) is 6.83. The second kappa shape index (κ2) is 8.34. The number of piperidine rings is 1. The summed E-state index contributed by atoms with van der Waals surface area (Å²) in [6, 6.07) is 6.27. The van der Waals surface area contributed by atoms with Gasteiger partial charge in [-0.25, -0.2) is 4.98 Å². The number of hydrogen-bond donors (Lipinski definition) is 1. The van der Waals surface area contributed by atoms with Gasteiger partial charge in [0.1, 0.15) is 11.2 Å². The molecule has 0 bridgehead atoms. The van der Waals surface area contributed by atoms with Gasteiger partial charge >= 0.3 is 6.18 Å². The predicted octanol–water partition coefficient (Wildman–Crippen LogP) is 3.66. The van der Waals surface area contributed by atoms with Crippen molar-refractivity contribution in [1.82, 2.24) is 10.3 Å². The smallest absolute Gasteiger partial charge is 0.348 e. The molecular formula is C19H21ClF3N4O+. The highest BCUT2D eigenvalue weighted by molar-refractivity contribution is 6.32. The minimum atomic E-state index is -4.45. The van der Waals surface area contributed by atoms with E-state index in [-0.39, 0.29) is 22.9 Å². The van der Waals surface area contributed by atoms with E-state index < -0.39 is 11.7 Å². The molecule has 1 atom stereocenters. The number of alkyl halides is 3. The number of carbonyl (C=O) groups excluding carboxylic acids is 1. The number of nitrogens with one attached hydrogen (secondary N) is 2. The number of aromatic amines is 1. The van der Waals surface area contributed by atoms with Gasteiger partial charge < -0.3 is 5.32 Å². The average Bonchev–Trinajstić information content (AvgIpc) is 2.68. The number of H-pyrrole nitrogens is 1. The highest BCUT2D eigenvalue weighted by Gasteiger charge is 2.35. The number of anilines is 1. The lowest BCUT2D eigenvalue weighted by atomic mass is 9.95. The first-order valence-corrected chi connectivity index (χ1v) is 9.38. The largest absolute Gasteiger partial charge is 0.419 e. The Labute approximate surface area is 165 Å². The molecule has 3 rings (SSSR count). The van der Waals surface area contributed by atoms with Crippen LogP contribution in [-0.4, -0.2) is 24.0 Å². The van der Waals surface area contributed by atoms with Gasteiger partial charge in [-0.05, 0) is 38.0 Å². The summed E-state index contributed by atoms with van der Waals surface area (Å²) in [5.74, 6) is 0.242. The maximum atomic E-state index is 12.8. The standard InChI is InChI=1S/C19H20ClF3N4O/c1-12(16-4-2-3-7-24-16)26-18(28)13-5-8-27(9-6-13)17-15(20)10-14(11-25-17)19(21,22)23/h2-4,7,10-13H,5-6,8-9H2,1H3,(H,26,28)/p+1/t12-/m1/s1. The lowest BCUT2D eigenvalue weighted by molar-refractivity contribution is -0.367. The zero-order chi connectivity index (χ0) is 20.3. The molecule has 0 aromatic carbocycles. The van der Waals surface area contributed by atoms with Gasteiger partial charge in [0.2, 0.25) is 5.91 Å². The number of amides is 1. The molecule has 2 aromatic heterocycles. The quantitative estimate of drug-likeness (QED) is 0.832. The summed E-state index contributed by atoms with van der Waals surface area (Å²) in [6.45, 7) is 2.93. The van der Waals surface area contributed by atoms with Crippen LogP contribution in [0.1, 0.15) is 37.1 Å². The highest BCUT2D eigenvalue weighted by atomic mass is 35.5. The van der Waals surface area contributed by atoms with Gasteiger partial charge in [0.25, 0.3) is 5.82 Å². The Morgan fingerprint density at radius 1 is 1.36 bits per heavy atom. The van der Waals surface area contributed by atoms with Crippen molar-refractivity contribution in [3.8, 4) is 0 Å². The first-order chi connectivity index (χ1) is 13.3. The van der Waals surface area contributed by atoms with Crippen LogP contribution in [0.25, 0.3) is 0 Å². The third-order valence-corrected chi connectivity index (χ3v) is 5.16. The summed E-state index contributed by atoms with van der Waals surface area (Å²) in [7, 11) is 0.